The van der Waals surface area contributed by atoms with Crippen LogP contribution in [-0.2, 0) is 10.0 Å². The van der Waals surface area contributed by atoms with Gasteiger partial charge in [0.25, 0.3) is 0 Å². The molecule has 1 aromatic rings. The molecule has 0 saturated carbocycles. The first kappa shape index (κ1) is 15.9. The highest BCUT2D eigenvalue weighted by atomic mass is 32.2. The molecular weight excluding hydrogens is 299 g/mol. The van der Waals surface area contributed by atoms with Crippen LogP contribution in [0.5, 0.6) is 0 Å². The third kappa shape index (κ3) is 3.78. The zero-order valence-electron chi connectivity index (χ0n) is 11.5. The van der Waals surface area contributed by atoms with Crippen LogP contribution in [0.25, 0.3) is 0 Å². The van der Waals surface area contributed by atoms with Crippen molar-refractivity contribution in [3.8, 4) is 0 Å². The molecule has 1 saturated heterocycles. The largest absolute Gasteiger partial charge is 0.478 e. The molecule has 1 atom stereocenters. The number of nitrogens with one attached hydrogen (secondary N) is 1. The maximum atomic E-state index is 13.7. The van der Waals surface area contributed by atoms with Gasteiger partial charge in [-0.25, -0.2) is 22.3 Å². The first-order valence-electron chi connectivity index (χ1n) is 6.50. The number of carboxylic acids is 1. The second-order valence-corrected chi connectivity index (χ2v) is 6.95. The summed E-state index contributed by atoms with van der Waals surface area (Å²) in [4.78, 5) is 12.3. The van der Waals surface area contributed by atoms with Crippen LogP contribution in [0, 0.1) is 11.7 Å². The van der Waals surface area contributed by atoms with E-state index < -0.39 is 26.7 Å². The summed E-state index contributed by atoms with van der Waals surface area (Å²) in [6.45, 7) is 1.89. The molecule has 6 nitrogen and oxygen atoms in total. The third-order valence-electron chi connectivity index (χ3n) is 3.52. The quantitative estimate of drug-likeness (QED) is 0.837. The zero-order chi connectivity index (χ0) is 15.6. The number of sulfonamides is 1. The first-order chi connectivity index (χ1) is 9.79. The van der Waals surface area contributed by atoms with Crippen molar-refractivity contribution < 1.29 is 22.7 Å². The van der Waals surface area contributed by atoms with E-state index >= 15 is 0 Å². The molecule has 1 unspecified atom stereocenters. The summed E-state index contributed by atoms with van der Waals surface area (Å²) in [5.41, 5.74) is -0.266. The van der Waals surface area contributed by atoms with Crippen molar-refractivity contribution in [2.24, 2.45) is 5.92 Å². The molecule has 0 spiro atoms. The highest BCUT2D eigenvalue weighted by molar-refractivity contribution is 7.89. The molecule has 0 amide bonds. The molecule has 116 valence electrons. The van der Waals surface area contributed by atoms with Gasteiger partial charge in [0.1, 0.15) is 10.7 Å². The second kappa shape index (κ2) is 6.08. The Hall–Kier alpha value is -1.51. The van der Waals surface area contributed by atoms with E-state index in [-0.39, 0.29) is 18.0 Å². The summed E-state index contributed by atoms with van der Waals surface area (Å²) in [6, 6.07) is 2.71. The number of nitrogens with zero attached hydrogens (tertiary/aromatic N) is 1. The lowest BCUT2D eigenvalue weighted by molar-refractivity contribution is 0.0696. The van der Waals surface area contributed by atoms with E-state index in [1.807, 2.05) is 7.05 Å². The van der Waals surface area contributed by atoms with E-state index in [1.54, 1.807) is 0 Å². The molecule has 1 aliphatic rings. The molecule has 0 aliphatic carbocycles. The molecule has 0 bridgehead atoms. The van der Waals surface area contributed by atoms with Gasteiger partial charge in [-0.3, -0.25) is 0 Å². The van der Waals surface area contributed by atoms with Crippen molar-refractivity contribution in [3.05, 3.63) is 29.6 Å². The van der Waals surface area contributed by atoms with Gasteiger partial charge >= 0.3 is 5.97 Å². The van der Waals surface area contributed by atoms with Gasteiger partial charge in [0, 0.05) is 13.1 Å². The summed E-state index contributed by atoms with van der Waals surface area (Å²) in [7, 11) is -2.11. The number of benzene rings is 1. The highest BCUT2D eigenvalue weighted by Crippen LogP contribution is 2.18. The number of hydrogen-bond donors (Lipinski definition) is 2. The minimum atomic E-state index is -4.06. The number of halogens is 1. The molecule has 21 heavy (non-hydrogen) atoms. The molecule has 0 aromatic heterocycles. The Kier molecular flexibility index (Phi) is 4.60. The van der Waals surface area contributed by atoms with E-state index in [1.165, 1.54) is 0 Å². The predicted octanol–water partition coefficient (Wildman–Crippen LogP) is 0.754. The van der Waals surface area contributed by atoms with Gasteiger partial charge in [-0.15, -0.1) is 0 Å². The van der Waals surface area contributed by atoms with E-state index in [0.717, 1.165) is 37.7 Å². The van der Waals surface area contributed by atoms with E-state index in [2.05, 4.69) is 9.62 Å². The molecule has 1 fully saturated rings. The van der Waals surface area contributed by atoms with Gasteiger partial charge in [-0.05, 0) is 44.1 Å². The van der Waals surface area contributed by atoms with Crippen molar-refractivity contribution in [2.75, 3.05) is 26.7 Å². The van der Waals surface area contributed by atoms with Crippen LogP contribution in [0.4, 0.5) is 4.39 Å². The molecular formula is C13H17FN2O4S. The molecule has 1 aromatic carbocycles. The maximum Gasteiger partial charge on any atom is 0.335 e. The average Bonchev–Trinajstić information content (AvgIpc) is 2.82. The Labute approximate surface area is 122 Å². The predicted molar refractivity (Wildman–Crippen MR) is 74.2 cm³/mol. The maximum absolute atomic E-state index is 13.7. The number of carbonyl (C=O) groups is 1. The summed E-state index contributed by atoms with van der Waals surface area (Å²) in [6.07, 6.45) is 0.872. The molecule has 2 rings (SSSR count). The van der Waals surface area contributed by atoms with Crippen LogP contribution in [0.2, 0.25) is 0 Å². The van der Waals surface area contributed by atoms with Crippen LogP contribution >= 0.6 is 0 Å². The van der Waals surface area contributed by atoms with E-state index in [0.29, 0.717) is 0 Å². The van der Waals surface area contributed by atoms with E-state index in [9.17, 15) is 17.6 Å². The number of aromatic carboxylic acids is 1. The van der Waals surface area contributed by atoms with Crippen LogP contribution < -0.4 is 4.72 Å². The third-order valence-corrected chi connectivity index (χ3v) is 4.96. The monoisotopic (exact) mass is 316 g/mol. The van der Waals surface area contributed by atoms with Crippen molar-refractivity contribution >= 4 is 16.0 Å². The number of likely N-dealkylation sites (tertiary alicyclic amines) is 1. The van der Waals surface area contributed by atoms with Gasteiger partial charge in [-0.1, -0.05) is 0 Å². The number of rotatable bonds is 5. The first-order valence-corrected chi connectivity index (χ1v) is 7.99. The van der Waals surface area contributed by atoms with Crippen molar-refractivity contribution in [1.29, 1.82) is 0 Å². The smallest absolute Gasteiger partial charge is 0.335 e. The SMILES string of the molecule is CN1CCC(CNS(=O)(=O)c2cc(C(=O)O)ccc2F)C1. The van der Waals surface area contributed by atoms with Gasteiger partial charge in [0.05, 0.1) is 5.56 Å². The van der Waals surface area contributed by atoms with Gasteiger partial charge < -0.3 is 10.0 Å². The van der Waals surface area contributed by atoms with Crippen LogP contribution in [0.15, 0.2) is 23.1 Å². The minimum Gasteiger partial charge on any atom is -0.478 e. The van der Waals surface area contributed by atoms with Crippen LogP contribution in [-0.4, -0.2) is 51.1 Å². The molecule has 8 heteroatoms. The lowest BCUT2D eigenvalue weighted by Gasteiger charge is -2.13. The second-order valence-electron chi connectivity index (χ2n) is 5.22. The van der Waals surface area contributed by atoms with Crippen LogP contribution in [0.3, 0.4) is 0 Å². The summed E-state index contributed by atoms with van der Waals surface area (Å²) >= 11 is 0. The van der Waals surface area contributed by atoms with Crippen molar-refractivity contribution in [1.82, 2.24) is 9.62 Å². The molecule has 1 aliphatic heterocycles. The average molecular weight is 316 g/mol. The normalized spacial score (nSPS) is 19.8. The molecule has 1 heterocycles. The van der Waals surface area contributed by atoms with Crippen molar-refractivity contribution in [2.45, 2.75) is 11.3 Å². The lowest BCUT2D eigenvalue weighted by atomic mass is 10.1. The van der Waals surface area contributed by atoms with Crippen LogP contribution in [0.1, 0.15) is 16.8 Å². The Bertz CT molecular complexity index is 648. The highest BCUT2D eigenvalue weighted by Gasteiger charge is 2.25. The number of carboxylic acid groups (broad SMARTS) is 1. The topological polar surface area (TPSA) is 86.7 Å². The van der Waals surface area contributed by atoms with Gasteiger partial charge in [-0.2, -0.15) is 0 Å². The number of hydrogen-bond acceptors (Lipinski definition) is 4. The van der Waals surface area contributed by atoms with E-state index in [4.69, 9.17) is 5.11 Å². The fourth-order valence-corrected chi connectivity index (χ4v) is 3.56. The van der Waals surface area contributed by atoms with Crippen molar-refractivity contribution in [3.63, 3.8) is 0 Å². The summed E-state index contributed by atoms with van der Waals surface area (Å²) < 4.78 is 40.2. The Morgan fingerprint density at radius 1 is 1.52 bits per heavy atom. The van der Waals surface area contributed by atoms with Gasteiger partial charge in [0.2, 0.25) is 10.0 Å². The summed E-state index contributed by atoms with van der Waals surface area (Å²) in [5, 5.41) is 8.85. The summed E-state index contributed by atoms with van der Waals surface area (Å²) in [5.74, 6) is -2.09. The molecule has 2 N–H and O–H groups in total. The lowest BCUT2D eigenvalue weighted by Crippen LogP contribution is -2.31. The molecule has 0 radical (unpaired) electrons. The van der Waals surface area contributed by atoms with Gasteiger partial charge in [0.15, 0.2) is 0 Å². The fourth-order valence-electron chi connectivity index (χ4n) is 2.34. The minimum absolute atomic E-state index is 0.176. The Morgan fingerprint density at radius 2 is 2.24 bits per heavy atom. The fraction of sp³-hybridized carbons (Fsp3) is 0.462. The Morgan fingerprint density at radius 3 is 2.81 bits per heavy atom. The zero-order valence-corrected chi connectivity index (χ0v) is 12.4. The standard InChI is InChI=1S/C13H17FN2O4S/c1-16-5-4-9(8-16)7-15-21(19,20)12-6-10(13(17)18)2-3-11(12)14/h2-3,6,9,15H,4-5,7-8H2,1H3,(H,17,18). The Balaban J connectivity index is 2.15.